The Morgan fingerprint density at radius 3 is 2.00 bits per heavy atom. The van der Waals surface area contributed by atoms with E-state index < -0.39 is 6.04 Å². The second kappa shape index (κ2) is 5.13. The molecule has 0 bridgehead atoms. The van der Waals surface area contributed by atoms with E-state index in [0.717, 1.165) is 16.7 Å². The molecule has 1 N–H and O–H groups in total. The Labute approximate surface area is 102 Å². The number of carbonyl (C=O) groups is 2. The Hall–Kier alpha value is -1.64. The molecule has 1 aromatic carbocycles. The summed E-state index contributed by atoms with van der Waals surface area (Å²) < 4.78 is 0. The molecule has 0 radical (unpaired) electrons. The van der Waals surface area contributed by atoms with Crippen molar-refractivity contribution in [2.45, 2.75) is 40.7 Å². The van der Waals surface area contributed by atoms with Crippen LogP contribution in [0.3, 0.4) is 0 Å². The number of carbonyl (C=O) groups excluding carboxylic acids is 2. The van der Waals surface area contributed by atoms with Gasteiger partial charge in [0.05, 0.1) is 6.04 Å². The van der Waals surface area contributed by atoms with Crippen LogP contribution in [-0.2, 0) is 4.79 Å². The average Bonchev–Trinajstić information content (AvgIpc) is 2.15. The summed E-state index contributed by atoms with van der Waals surface area (Å²) in [4.78, 5) is 23.2. The van der Waals surface area contributed by atoms with Crippen molar-refractivity contribution in [3.8, 4) is 0 Å². The first-order valence-corrected chi connectivity index (χ1v) is 5.72. The van der Waals surface area contributed by atoms with Gasteiger partial charge in [-0.2, -0.15) is 0 Å². The smallest absolute Gasteiger partial charge is 0.252 e. The van der Waals surface area contributed by atoms with E-state index in [1.54, 1.807) is 6.92 Å². The lowest BCUT2D eigenvalue weighted by Gasteiger charge is -2.14. The van der Waals surface area contributed by atoms with Gasteiger partial charge in [0.1, 0.15) is 0 Å². The zero-order valence-electron chi connectivity index (χ0n) is 11.0. The van der Waals surface area contributed by atoms with E-state index in [2.05, 4.69) is 5.32 Å². The van der Waals surface area contributed by atoms with E-state index in [-0.39, 0.29) is 11.7 Å². The number of ketones is 1. The standard InChI is InChI=1S/C14H19NO2/c1-8-6-9(2)13(10(3)7-8)14(17)15-11(4)12(5)16/h6-7,11H,1-5H3,(H,15,17). The Morgan fingerprint density at radius 1 is 1.12 bits per heavy atom. The van der Waals surface area contributed by atoms with Crippen molar-refractivity contribution in [3.63, 3.8) is 0 Å². The van der Waals surface area contributed by atoms with Gasteiger partial charge in [-0.05, 0) is 45.7 Å². The first kappa shape index (κ1) is 13.4. The predicted octanol–water partition coefficient (Wildman–Crippen LogP) is 2.32. The largest absolute Gasteiger partial charge is 0.343 e. The van der Waals surface area contributed by atoms with Gasteiger partial charge in [-0.15, -0.1) is 0 Å². The molecule has 0 fully saturated rings. The van der Waals surface area contributed by atoms with E-state index in [9.17, 15) is 9.59 Å². The maximum Gasteiger partial charge on any atom is 0.252 e. The van der Waals surface area contributed by atoms with Crippen molar-refractivity contribution < 1.29 is 9.59 Å². The number of amides is 1. The quantitative estimate of drug-likeness (QED) is 0.870. The Morgan fingerprint density at radius 2 is 1.59 bits per heavy atom. The first-order valence-electron chi connectivity index (χ1n) is 5.72. The number of rotatable bonds is 3. The molecule has 0 aromatic heterocycles. The van der Waals surface area contributed by atoms with Crippen molar-refractivity contribution in [3.05, 3.63) is 34.4 Å². The van der Waals surface area contributed by atoms with Crippen LogP contribution in [0.1, 0.15) is 40.9 Å². The minimum Gasteiger partial charge on any atom is -0.343 e. The summed E-state index contributed by atoms with van der Waals surface area (Å²) >= 11 is 0. The summed E-state index contributed by atoms with van der Waals surface area (Å²) in [7, 11) is 0. The summed E-state index contributed by atoms with van der Waals surface area (Å²) in [5.41, 5.74) is 3.69. The van der Waals surface area contributed by atoms with Gasteiger partial charge < -0.3 is 5.32 Å². The van der Waals surface area contributed by atoms with E-state index in [1.165, 1.54) is 6.92 Å². The summed E-state index contributed by atoms with van der Waals surface area (Å²) in [6.45, 7) is 8.99. The molecule has 1 atom stereocenters. The Bertz CT molecular complexity index is 440. The fourth-order valence-corrected chi connectivity index (χ4v) is 1.91. The fourth-order valence-electron chi connectivity index (χ4n) is 1.91. The van der Waals surface area contributed by atoms with Crippen molar-refractivity contribution in [1.29, 1.82) is 0 Å². The molecular formula is C14H19NO2. The van der Waals surface area contributed by atoms with Gasteiger partial charge in [0, 0.05) is 5.56 Å². The summed E-state index contributed by atoms with van der Waals surface area (Å²) in [5.74, 6) is -0.219. The molecule has 0 aliphatic heterocycles. The van der Waals surface area contributed by atoms with Crippen LogP contribution < -0.4 is 5.32 Å². The van der Waals surface area contributed by atoms with Crippen LogP contribution in [0, 0.1) is 20.8 Å². The third-order valence-corrected chi connectivity index (χ3v) is 2.86. The molecule has 0 spiro atoms. The highest BCUT2D eigenvalue weighted by atomic mass is 16.2. The average molecular weight is 233 g/mol. The molecule has 1 unspecified atom stereocenters. The zero-order chi connectivity index (χ0) is 13.2. The van der Waals surface area contributed by atoms with Gasteiger partial charge in [-0.1, -0.05) is 17.7 Å². The monoisotopic (exact) mass is 233 g/mol. The number of Topliss-reactive ketones (excluding diaryl/α,β-unsaturated/α-hetero) is 1. The van der Waals surface area contributed by atoms with Gasteiger partial charge >= 0.3 is 0 Å². The highest BCUT2D eigenvalue weighted by Crippen LogP contribution is 2.16. The molecule has 0 heterocycles. The molecule has 3 nitrogen and oxygen atoms in total. The summed E-state index contributed by atoms with van der Waals surface area (Å²) in [6, 6.07) is 3.50. The van der Waals surface area contributed by atoms with Crippen LogP contribution in [0.2, 0.25) is 0 Å². The molecule has 17 heavy (non-hydrogen) atoms. The maximum atomic E-state index is 12.0. The fraction of sp³-hybridized carbons (Fsp3) is 0.429. The minimum atomic E-state index is -0.442. The molecule has 3 heteroatoms. The van der Waals surface area contributed by atoms with Crippen molar-refractivity contribution in [1.82, 2.24) is 5.32 Å². The molecule has 1 amide bonds. The predicted molar refractivity (Wildman–Crippen MR) is 68.3 cm³/mol. The molecule has 0 aliphatic carbocycles. The van der Waals surface area contributed by atoms with Gasteiger partial charge in [0.2, 0.25) is 0 Å². The molecule has 0 aliphatic rings. The van der Waals surface area contributed by atoms with Gasteiger partial charge in [0.15, 0.2) is 5.78 Å². The van der Waals surface area contributed by atoms with Crippen LogP contribution in [0.5, 0.6) is 0 Å². The topological polar surface area (TPSA) is 46.2 Å². The lowest BCUT2D eigenvalue weighted by molar-refractivity contribution is -0.118. The molecule has 92 valence electrons. The maximum absolute atomic E-state index is 12.0. The Kier molecular flexibility index (Phi) is 4.05. The van der Waals surface area contributed by atoms with Crippen molar-refractivity contribution in [2.24, 2.45) is 0 Å². The van der Waals surface area contributed by atoms with Crippen LogP contribution >= 0.6 is 0 Å². The third-order valence-electron chi connectivity index (χ3n) is 2.86. The van der Waals surface area contributed by atoms with Crippen LogP contribution in [0.15, 0.2) is 12.1 Å². The number of nitrogens with one attached hydrogen (secondary N) is 1. The Balaban J connectivity index is 3.01. The van der Waals surface area contributed by atoms with E-state index in [4.69, 9.17) is 0 Å². The normalized spacial score (nSPS) is 12.1. The van der Waals surface area contributed by atoms with Gasteiger partial charge in [-0.3, -0.25) is 9.59 Å². The first-order chi connectivity index (χ1) is 7.82. The van der Waals surface area contributed by atoms with E-state index >= 15 is 0 Å². The van der Waals surface area contributed by atoms with E-state index in [0.29, 0.717) is 5.56 Å². The summed E-state index contributed by atoms with van der Waals surface area (Å²) in [5, 5.41) is 2.71. The second-order valence-corrected chi connectivity index (χ2v) is 4.58. The number of hydrogen-bond acceptors (Lipinski definition) is 2. The van der Waals surface area contributed by atoms with Crippen LogP contribution in [-0.4, -0.2) is 17.7 Å². The number of hydrogen-bond donors (Lipinski definition) is 1. The lowest BCUT2D eigenvalue weighted by atomic mass is 9.99. The molecule has 1 aromatic rings. The van der Waals surface area contributed by atoms with Gasteiger partial charge in [-0.25, -0.2) is 0 Å². The van der Waals surface area contributed by atoms with Crippen molar-refractivity contribution in [2.75, 3.05) is 0 Å². The SMILES string of the molecule is CC(=O)C(C)NC(=O)c1c(C)cc(C)cc1C. The highest BCUT2D eigenvalue weighted by Gasteiger charge is 2.16. The van der Waals surface area contributed by atoms with Crippen molar-refractivity contribution >= 4 is 11.7 Å². The molecule has 0 saturated carbocycles. The second-order valence-electron chi connectivity index (χ2n) is 4.58. The number of benzene rings is 1. The lowest BCUT2D eigenvalue weighted by Crippen LogP contribution is -2.37. The molecule has 1 rings (SSSR count). The van der Waals surface area contributed by atoms with Crippen LogP contribution in [0.4, 0.5) is 0 Å². The van der Waals surface area contributed by atoms with E-state index in [1.807, 2.05) is 32.9 Å². The third kappa shape index (κ3) is 3.16. The van der Waals surface area contributed by atoms with Gasteiger partial charge in [0.25, 0.3) is 5.91 Å². The summed E-state index contributed by atoms with van der Waals surface area (Å²) in [6.07, 6.45) is 0. The minimum absolute atomic E-state index is 0.0410. The van der Waals surface area contributed by atoms with Crippen LogP contribution in [0.25, 0.3) is 0 Å². The zero-order valence-corrected chi connectivity index (χ0v) is 11.0. The molecule has 0 saturated heterocycles. The molecular weight excluding hydrogens is 214 g/mol. The highest BCUT2D eigenvalue weighted by molar-refractivity contribution is 5.99. The number of aryl methyl sites for hydroxylation is 3.